The number of hydrogen-bond donors (Lipinski definition) is 1. The minimum absolute atomic E-state index is 0.636. The zero-order chi connectivity index (χ0) is 10.4. The van der Waals surface area contributed by atoms with Crippen molar-refractivity contribution in [2.75, 3.05) is 0 Å². The fourth-order valence-electron chi connectivity index (χ4n) is 2.34. The van der Waals surface area contributed by atoms with Crippen LogP contribution in [-0.4, -0.2) is 12.1 Å². The highest BCUT2D eigenvalue weighted by Crippen LogP contribution is 2.24. The lowest BCUT2D eigenvalue weighted by molar-refractivity contribution is 0.262. The molecule has 0 amide bonds. The van der Waals surface area contributed by atoms with Gasteiger partial charge in [0.2, 0.25) is 0 Å². The molecule has 14 heavy (non-hydrogen) atoms. The molecule has 0 aromatic carbocycles. The van der Waals surface area contributed by atoms with E-state index in [1.165, 1.54) is 32.1 Å². The van der Waals surface area contributed by atoms with Gasteiger partial charge in [0, 0.05) is 12.1 Å². The van der Waals surface area contributed by atoms with Crippen molar-refractivity contribution in [1.29, 1.82) is 0 Å². The van der Waals surface area contributed by atoms with Gasteiger partial charge in [-0.25, -0.2) is 0 Å². The summed E-state index contributed by atoms with van der Waals surface area (Å²) < 4.78 is 0. The molecule has 1 fully saturated rings. The van der Waals surface area contributed by atoms with Gasteiger partial charge >= 0.3 is 0 Å². The van der Waals surface area contributed by atoms with Crippen LogP contribution in [0.1, 0.15) is 52.9 Å². The maximum Gasteiger partial charge on any atom is 0.00952 e. The first-order valence-electron chi connectivity index (χ1n) is 6.11. The molecule has 1 N–H and O–H groups in total. The zero-order valence-corrected chi connectivity index (χ0v) is 9.92. The number of hydrogen-bond acceptors (Lipinski definition) is 1. The van der Waals surface area contributed by atoms with Gasteiger partial charge in [0.05, 0.1) is 0 Å². The monoisotopic (exact) mass is 195 g/mol. The average molecular weight is 195 g/mol. The van der Waals surface area contributed by atoms with Crippen LogP contribution in [0.15, 0.2) is 12.2 Å². The molecule has 1 rings (SSSR count). The number of allylic oxidation sites excluding steroid dienone is 1. The van der Waals surface area contributed by atoms with Crippen LogP contribution in [0.4, 0.5) is 0 Å². The van der Waals surface area contributed by atoms with Gasteiger partial charge in [-0.2, -0.15) is 0 Å². The lowest BCUT2D eigenvalue weighted by Gasteiger charge is -2.32. The predicted molar refractivity (Wildman–Crippen MR) is 63.4 cm³/mol. The molecule has 0 aromatic heterocycles. The first-order valence-corrected chi connectivity index (χ1v) is 6.11. The summed E-state index contributed by atoms with van der Waals surface area (Å²) >= 11 is 0. The van der Waals surface area contributed by atoms with Crippen LogP contribution in [0.5, 0.6) is 0 Å². The number of rotatable bonds is 4. The van der Waals surface area contributed by atoms with E-state index in [0.717, 1.165) is 12.0 Å². The Morgan fingerprint density at radius 3 is 2.71 bits per heavy atom. The van der Waals surface area contributed by atoms with Crippen molar-refractivity contribution in [1.82, 2.24) is 5.32 Å². The average Bonchev–Trinajstić information content (AvgIpc) is 2.18. The fourth-order valence-corrected chi connectivity index (χ4v) is 2.34. The summed E-state index contributed by atoms with van der Waals surface area (Å²) in [6.45, 7) is 6.77. The molecule has 3 unspecified atom stereocenters. The van der Waals surface area contributed by atoms with Crippen molar-refractivity contribution in [3.05, 3.63) is 12.2 Å². The molecule has 0 aliphatic heterocycles. The molecule has 0 radical (unpaired) electrons. The van der Waals surface area contributed by atoms with Gasteiger partial charge in [0.1, 0.15) is 0 Å². The van der Waals surface area contributed by atoms with E-state index >= 15 is 0 Å². The van der Waals surface area contributed by atoms with Gasteiger partial charge in [0.25, 0.3) is 0 Å². The van der Waals surface area contributed by atoms with E-state index in [9.17, 15) is 0 Å². The van der Waals surface area contributed by atoms with Crippen LogP contribution >= 0.6 is 0 Å². The minimum atomic E-state index is 0.636. The zero-order valence-electron chi connectivity index (χ0n) is 9.92. The first-order chi connectivity index (χ1) is 6.74. The lowest BCUT2D eigenvalue weighted by atomic mass is 9.85. The van der Waals surface area contributed by atoms with Crippen molar-refractivity contribution in [3.63, 3.8) is 0 Å². The molecule has 1 aliphatic carbocycles. The normalized spacial score (nSPS) is 30.8. The van der Waals surface area contributed by atoms with Crippen LogP contribution in [0.2, 0.25) is 0 Å². The van der Waals surface area contributed by atoms with E-state index in [0.29, 0.717) is 6.04 Å². The van der Waals surface area contributed by atoms with Crippen molar-refractivity contribution >= 4 is 0 Å². The third kappa shape index (κ3) is 3.83. The van der Waals surface area contributed by atoms with Crippen molar-refractivity contribution in [2.24, 2.45) is 5.92 Å². The summed E-state index contributed by atoms with van der Waals surface area (Å²) in [6, 6.07) is 1.40. The van der Waals surface area contributed by atoms with Crippen LogP contribution in [0.25, 0.3) is 0 Å². The Morgan fingerprint density at radius 1 is 1.36 bits per heavy atom. The van der Waals surface area contributed by atoms with Gasteiger partial charge in [-0.05, 0) is 39.0 Å². The molecule has 1 saturated carbocycles. The molecular weight excluding hydrogens is 170 g/mol. The summed E-state index contributed by atoms with van der Waals surface area (Å²) in [5.74, 6) is 0.872. The van der Waals surface area contributed by atoms with Gasteiger partial charge in [-0.15, -0.1) is 0 Å². The molecule has 1 nitrogen and oxygen atoms in total. The Balaban J connectivity index is 2.26. The Bertz CT molecular complexity index is 174. The molecule has 3 atom stereocenters. The highest BCUT2D eigenvalue weighted by molar-refractivity contribution is 4.85. The SMILES string of the molecule is C/C=C\CC(C)NC1CCCCC1C. The summed E-state index contributed by atoms with van der Waals surface area (Å²) in [5, 5.41) is 3.75. The summed E-state index contributed by atoms with van der Waals surface area (Å²) in [5.41, 5.74) is 0. The van der Waals surface area contributed by atoms with Crippen LogP contribution in [0, 0.1) is 5.92 Å². The molecule has 1 heteroatoms. The summed E-state index contributed by atoms with van der Waals surface area (Å²) in [4.78, 5) is 0. The lowest BCUT2D eigenvalue weighted by Crippen LogP contribution is -2.42. The van der Waals surface area contributed by atoms with E-state index in [1.807, 2.05) is 0 Å². The Kier molecular flexibility index (Phi) is 5.24. The Hall–Kier alpha value is -0.300. The van der Waals surface area contributed by atoms with E-state index in [2.05, 4.69) is 38.2 Å². The van der Waals surface area contributed by atoms with Crippen molar-refractivity contribution in [3.8, 4) is 0 Å². The van der Waals surface area contributed by atoms with E-state index in [-0.39, 0.29) is 0 Å². The third-order valence-corrected chi connectivity index (χ3v) is 3.34. The molecule has 0 heterocycles. The standard InChI is InChI=1S/C13H25N/c1-4-5-9-12(3)14-13-10-7-6-8-11(13)2/h4-5,11-14H,6-10H2,1-3H3/b5-4-. The number of nitrogens with one attached hydrogen (secondary N) is 1. The van der Waals surface area contributed by atoms with E-state index in [4.69, 9.17) is 0 Å². The second-order valence-corrected chi connectivity index (χ2v) is 4.74. The van der Waals surface area contributed by atoms with Gasteiger partial charge in [-0.1, -0.05) is 31.9 Å². The smallest absolute Gasteiger partial charge is 0.00952 e. The largest absolute Gasteiger partial charge is 0.311 e. The molecule has 0 saturated heterocycles. The minimum Gasteiger partial charge on any atom is -0.311 e. The second-order valence-electron chi connectivity index (χ2n) is 4.74. The maximum absolute atomic E-state index is 3.75. The van der Waals surface area contributed by atoms with Gasteiger partial charge < -0.3 is 5.32 Å². The molecule has 0 bridgehead atoms. The van der Waals surface area contributed by atoms with Crippen LogP contribution in [0.3, 0.4) is 0 Å². The van der Waals surface area contributed by atoms with Crippen molar-refractivity contribution in [2.45, 2.75) is 65.0 Å². The summed E-state index contributed by atoms with van der Waals surface area (Å²) in [6.07, 6.45) is 11.2. The highest BCUT2D eigenvalue weighted by Gasteiger charge is 2.21. The topological polar surface area (TPSA) is 12.0 Å². The highest BCUT2D eigenvalue weighted by atomic mass is 14.9. The van der Waals surface area contributed by atoms with Crippen LogP contribution in [-0.2, 0) is 0 Å². The van der Waals surface area contributed by atoms with E-state index in [1.54, 1.807) is 0 Å². The predicted octanol–water partition coefficient (Wildman–Crippen LogP) is 3.51. The molecule has 82 valence electrons. The fraction of sp³-hybridized carbons (Fsp3) is 0.846. The molecule has 0 aromatic rings. The van der Waals surface area contributed by atoms with E-state index < -0.39 is 0 Å². The maximum atomic E-state index is 3.75. The molecular formula is C13H25N. The Labute approximate surface area is 89.0 Å². The van der Waals surface area contributed by atoms with Crippen LogP contribution < -0.4 is 5.32 Å². The Morgan fingerprint density at radius 2 is 2.07 bits per heavy atom. The van der Waals surface area contributed by atoms with Gasteiger partial charge in [0.15, 0.2) is 0 Å². The second kappa shape index (κ2) is 6.23. The molecule has 1 aliphatic rings. The van der Waals surface area contributed by atoms with Crippen molar-refractivity contribution < 1.29 is 0 Å². The molecule has 0 spiro atoms. The first kappa shape index (κ1) is 11.8. The van der Waals surface area contributed by atoms with Gasteiger partial charge in [-0.3, -0.25) is 0 Å². The summed E-state index contributed by atoms with van der Waals surface area (Å²) in [7, 11) is 0. The third-order valence-electron chi connectivity index (χ3n) is 3.34. The quantitative estimate of drug-likeness (QED) is 0.677.